The monoisotopic (exact) mass is 347 g/mol. The summed E-state index contributed by atoms with van der Waals surface area (Å²) >= 11 is 6.74. The van der Waals surface area contributed by atoms with Crippen LogP contribution in [-0.2, 0) is 4.79 Å². The Morgan fingerprint density at radius 3 is 2.38 bits per heavy atom. The average Bonchev–Trinajstić information content (AvgIpc) is 2.89. The highest BCUT2D eigenvalue weighted by Gasteiger charge is 2.33. The molecule has 0 unspecified atom stereocenters. The molecule has 0 spiro atoms. The van der Waals surface area contributed by atoms with Crippen LogP contribution >= 0.6 is 24.0 Å². The number of benzene rings is 3. The van der Waals surface area contributed by atoms with Crippen LogP contribution in [0, 0.1) is 0 Å². The number of nitrogens with zero attached hydrogens (tertiary/aromatic N) is 1. The Morgan fingerprint density at radius 1 is 0.875 bits per heavy atom. The van der Waals surface area contributed by atoms with E-state index in [1.807, 2.05) is 54.6 Å². The van der Waals surface area contributed by atoms with Crippen LogP contribution in [0.4, 0.5) is 5.69 Å². The number of carbonyl (C=O) groups is 1. The second kappa shape index (κ2) is 6.23. The molecule has 1 aliphatic heterocycles. The van der Waals surface area contributed by atoms with Gasteiger partial charge in [0.2, 0.25) is 0 Å². The van der Waals surface area contributed by atoms with Crippen molar-refractivity contribution in [3.63, 3.8) is 0 Å². The molecular weight excluding hydrogens is 334 g/mol. The molecule has 0 aromatic heterocycles. The Labute approximate surface area is 149 Å². The molecule has 1 heterocycles. The first-order valence-corrected chi connectivity index (χ1v) is 8.77. The fourth-order valence-electron chi connectivity index (χ4n) is 2.72. The zero-order valence-corrected chi connectivity index (χ0v) is 14.3. The van der Waals surface area contributed by atoms with Crippen LogP contribution in [0.1, 0.15) is 5.56 Å². The van der Waals surface area contributed by atoms with E-state index in [2.05, 4.69) is 24.3 Å². The highest BCUT2D eigenvalue weighted by Crippen LogP contribution is 2.36. The van der Waals surface area contributed by atoms with Gasteiger partial charge in [-0.25, -0.2) is 0 Å². The minimum absolute atomic E-state index is 0.0654. The molecule has 0 saturated carbocycles. The molecule has 0 aliphatic carbocycles. The Morgan fingerprint density at radius 2 is 1.58 bits per heavy atom. The quantitative estimate of drug-likeness (QED) is 0.467. The molecule has 1 saturated heterocycles. The minimum Gasteiger partial charge on any atom is -0.268 e. The van der Waals surface area contributed by atoms with Crippen molar-refractivity contribution in [1.29, 1.82) is 0 Å². The van der Waals surface area contributed by atoms with E-state index in [0.717, 1.165) is 16.6 Å². The molecule has 1 fully saturated rings. The van der Waals surface area contributed by atoms with Crippen molar-refractivity contribution in [2.75, 3.05) is 4.90 Å². The molecule has 0 bridgehead atoms. The van der Waals surface area contributed by atoms with Crippen LogP contribution in [-0.4, -0.2) is 10.2 Å². The second-order valence-electron chi connectivity index (χ2n) is 5.46. The first kappa shape index (κ1) is 15.1. The molecular formula is C20H13NOS2. The van der Waals surface area contributed by atoms with Crippen molar-refractivity contribution in [3.8, 4) is 0 Å². The van der Waals surface area contributed by atoms with Crippen molar-refractivity contribution in [2.45, 2.75) is 0 Å². The van der Waals surface area contributed by atoms with E-state index in [-0.39, 0.29) is 5.91 Å². The maximum Gasteiger partial charge on any atom is 0.270 e. The summed E-state index contributed by atoms with van der Waals surface area (Å²) < 4.78 is 0.568. The molecule has 0 radical (unpaired) electrons. The summed E-state index contributed by atoms with van der Waals surface area (Å²) in [5, 5.41) is 2.34. The molecule has 24 heavy (non-hydrogen) atoms. The fourth-order valence-corrected chi connectivity index (χ4v) is 4.02. The maximum absolute atomic E-state index is 12.7. The molecule has 1 aliphatic rings. The smallest absolute Gasteiger partial charge is 0.268 e. The van der Waals surface area contributed by atoms with Gasteiger partial charge in [0.15, 0.2) is 4.32 Å². The minimum atomic E-state index is -0.0654. The fraction of sp³-hybridized carbons (Fsp3) is 0. The Hall–Kier alpha value is -2.43. The van der Waals surface area contributed by atoms with Crippen molar-refractivity contribution in [2.24, 2.45) is 0 Å². The highest BCUT2D eigenvalue weighted by atomic mass is 32.2. The van der Waals surface area contributed by atoms with Gasteiger partial charge in [0.1, 0.15) is 0 Å². The largest absolute Gasteiger partial charge is 0.270 e. The predicted octanol–water partition coefficient (Wildman–Crippen LogP) is 5.25. The van der Waals surface area contributed by atoms with Gasteiger partial charge in [-0.1, -0.05) is 78.6 Å². The van der Waals surface area contributed by atoms with Gasteiger partial charge in [-0.2, -0.15) is 0 Å². The summed E-state index contributed by atoms with van der Waals surface area (Å²) in [6, 6.07) is 23.9. The number of thioether (sulfide) groups is 1. The summed E-state index contributed by atoms with van der Waals surface area (Å²) in [6.07, 6.45) is 1.91. The number of hydrogen-bond acceptors (Lipinski definition) is 3. The van der Waals surface area contributed by atoms with Crippen molar-refractivity contribution < 1.29 is 4.79 Å². The Bertz CT molecular complexity index is 979. The topological polar surface area (TPSA) is 20.3 Å². The van der Waals surface area contributed by atoms with Crippen molar-refractivity contribution in [1.82, 2.24) is 0 Å². The van der Waals surface area contributed by atoms with Crippen molar-refractivity contribution in [3.05, 3.63) is 83.3 Å². The highest BCUT2D eigenvalue weighted by molar-refractivity contribution is 8.27. The first-order valence-electron chi connectivity index (χ1n) is 7.54. The lowest BCUT2D eigenvalue weighted by atomic mass is 10.1. The summed E-state index contributed by atoms with van der Waals surface area (Å²) in [6.45, 7) is 0. The van der Waals surface area contributed by atoms with Gasteiger partial charge in [-0.3, -0.25) is 9.69 Å². The Balaban J connectivity index is 1.70. The van der Waals surface area contributed by atoms with Crippen LogP contribution in [0.15, 0.2) is 77.7 Å². The van der Waals surface area contributed by atoms with Gasteiger partial charge in [-0.15, -0.1) is 0 Å². The summed E-state index contributed by atoms with van der Waals surface area (Å²) in [5.41, 5.74) is 1.81. The number of para-hydroxylation sites is 1. The second-order valence-corrected chi connectivity index (χ2v) is 7.14. The third-order valence-electron chi connectivity index (χ3n) is 3.88. The first-order chi connectivity index (χ1) is 11.7. The summed E-state index contributed by atoms with van der Waals surface area (Å²) in [4.78, 5) is 15.0. The van der Waals surface area contributed by atoms with Crippen LogP contribution in [0.25, 0.3) is 16.8 Å². The zero-order valence-electron chi connectivity index (χ0n) is 12.7. The van der Waals surface area contributed by atoms with Crippen molar-refractivity contribution >= 4 is 56.7 Å². The standard InChI is InChI=1S/C20H13NOS2/c22-19-18(24-20(23)21(19)17-8-2-1-3-9-17)13-14-10-11-15-6-4-5-7-16(15)12-14/h1-13H/b18-13-. The lowest BCUT2D eigenvalue weighted by molar-refractivity contribution is -0.113. The zero-order chi connectivity index (χ0) is 16.5. The molecule has 4 rings (SSSR count). The number of rotatable bonds is 2. The summed E-state index contributed by atoms with van der Waals surface area (Å²) in [5.74, 6) is -0.0654. The number of carbonyl (C=O) groups excluding carboxylic acids is 1. The van der Waals surface area contributed by atoms with Crippen LogP contribution < -0.4 is 4.90 Å². The molecule has 2 nitrogen and oxygen atoms in total. The van der Waals surface area contributed by atoms with Gasteiger partial charge >= 0.3 is 0 Å². The molecule has 3 aromatic rings. The van der Waals surface area contributed by atoms with Crippen LogP contribution in [0.2, 0.25) is 0 Å². The van der Waals surface area contributed by atoms with E-state index in [1.54, 1.807) is 4.90 Å². The molecule has 0 N–H and O–H groups in total. The van der Waals surface area contributed by atoms with Crippen LogP contribution in [0.5, 0.6) is 0 Å². The third kappa shape index (κ3) is 2.75. The summed E-state index contributed by atoms with van der Waals surface area (Å²) in [7, 11) is 0. The van der Waals surface area contributed by atoms with Gasteiger partial charge in [0, 0.05) is 0 Å². The van der Waals surface area contributed by atoms with E-state index >= 15 is 0 Å². The Kier molecular flexibility index (Phi) is 3.92. The molecule has 116 valence electrons. The number of amides is 1. The van der Waals surface area contributed by atoms with Gasteiger partial charge in [0.25, 0.3) is 5.91 Å². The molecule has 1 amide bonds. The lowest BCUT2D eigenvalue weighted by Crippen LogP contribution is -2.27. The number of fused-ring (bicyclic) bond motifs is 1. The van der Waals surface area contributed by atoms with Gasteiger partial charge in [-0.05, 0) is 40.6 Å². The number of anilines is 1. The van der Waals surface area contributed by atoms with Crippen LogP contribution in [0.3, 0.4) is 0 Å². The SMILES string of the molecule is O=C1/C(=C/c2ccc3ccccc3c2)SC(=S)N1c1ccccc1. The van der Waals surface area contributed by atoms with E-state index in [9.17, 15) is 4.79 Å². The lowest BCUT2D eigenvalue weighted by Gasteiger charge is -2.13. The predicted molar refractivity (Wildman–Crippen MR) is 106 cm³/mol. The van der Waals surface area contributed by atoms with E-state index in [1.165, 1.54) is 17.1 Å². The third-order valence-corrected chi connectivity index (χ3v) is 5.18. The normalized spacial score (nSPS) is 16.3. The number of hydrogen-bond donors (Lipinski definition) is 0. The van der Waals surface area contributed by atoms with E-state index < -0.39 is 0 Å². The average molecular weight is 347 g/mol. The van der Waals surface area contributed by atoms with E-state index in [0.29, 0.717) is 9.23 Å². The molecule has 0 atom stereocenters. The molecule has 3 aromatic carbocycles. The molecule has 4 heteroatoms. The number of thiocarbonyl (C=S) groups is 1. The maximum atomic E-state index is 12.7. The van der Waals surface area contributed by atoms with Gasteiger partial charge < -0.3 is 0 Å². The van der Waals surface area contributed by atoms with E-state index in [4.69, 9.17) is 12.2 Å². The van der Waals surface area contributed by atoms with Gasteiger partial charge in [0.05, 0.1) is 10.6 Å².